The van der Waals surface area contributed by atoms with E-state index in [9.17, 15) is 14.9 Å². The van der Waals surface area contributed by atoms with E-state index in [1.165, 1.54) is 4.52 Å². The highest BCUT2D eigenvalue weighted by atomic mass is 32.2. The minimum Gasteiger partial charge on any atom is -0.477 e. The topological polar surface area (TPSA) is 124 Å². The molecule has 0 radical (unpaired) electrons. The number of aryl methyl sites for hydroxylation is 2. The van der Waals surface area contributed by atoms with Gasteiger partial charge in [-0.15, -0.1) is 16.4 Å². The van der Waals surface area contributed by atoms with E-state index in [-0.39, 0.29) is 19.9 Å². The van der Waals surface area contributed by atoms with Crippen LogP contribution in [0, 0.1) is 24.0 Å². The van der Waals surface area contributed by atoms with Crippen LogP contribution in [0.15, 0.2) is 21.5 Å². The van der Waals surface area contributed by atoms with Gasteiger partial charge in [-0.1, -0.05) is 0 Å². The fourth-order valence-electron chi connectivity index (χ4n) is 1.94. The number of aromatic nitrogens is 4. The Balaban J connectivity index is 2.03. The van der Waals surface area contributed by atoms with Crippen molar-refractivity contribution in [1.82, 2.24) is 19.6 Å². The van der Waals surface area contributed by atoms with Gasteiger partial charge in [-0.25, -0.2) is 14.3 Å². The minimum absolute atomic E-state index is 0.104. The summed E-state index contributed by atoms with van der Waals surface area (Å²) in [7, 11) is 0. The Kier molecular flexibility index (Phi) is 3.74. The number of carbonyl (C=O) groups is 1. The van der Waals surface area contributed by atoms with E-state index < -0.39 is 10.9 Å². The van der Waals surface area contributed by atoms with Crippen molar-refractivity contribution in [3.05, 3.63) is 38.5 Å². The summed E-state index contributed by atoms with van der Waals surface area (Å²) in [5.41, 5.74) is 1.35. The number of carboxylic acids is 1. The molecule has 3 aromatic heterocycles. The van der Waals surface area contributed by atoms with Gasteiger partial charge in [-0.2, -0.15) is 4.98 Å². The van der Waals surface area contributed by atoms with E-state index >= 15 is 0 Å². The van der Waals surface area contributed by atoms with Crippen LogP contribution in [-0.4, -0.2) is 35.6 Å². The highest BCUT2D eigenvalue weighted by molar-refractivity contribution is 8.01. The molecule has 3 rings (SSSR count). The van der Waals surface area contributed by atoms with Crippen LogP contribution in [0.1, 0.15) is 21.1 Å². The zero-order chi connectivity index (χ0) is 16.7. The average molecular weight is 351 g/mol. The van der Waals surface area contributed by atoms with E-state index in [0.717, 1.165) is 40.6 Å². The summed E-state index contributed by atoms with van der Waals surface area (Å²) in [6.45, 7) is 3.68. The molecule has 0 spiro atoms. The lowest BCUT2D eigenvalue weighted by Crippen LogP contribution is -1.97. The molecule has 0 saturated heterocycles. The van der Waals surface area contributed by atoms with Crippen LogP contribution in [0.25, 0.3) is 5.78 Å². The van der Waals surface area contributed by atoms with Gasteiger partial charge >= 0.3 is 5.97 Å². The van der Waals surface area contributed by atoms with E-state index in [1.54, 1.807) is 0 Å². The highest BCUT2D eigenvalue weighted by Gasteiger charge is 2.24. The molecule has 1 N–H and O–H groups in total. The molecule has 23 heavy (non-hydrogen) atoms. The highest BCUT2D eigenvalue weighted by Crippen LogP contribution is 2.40. The van der Waals surface area contributed by atoms with Crippen LogP contribution < -0.4 is 0 Å². The summed E-state index contributed by atoms with van der Waals surface area (Å²) in [4.78, 5) is 29.8. The molecule has 0 amide bonds. The molecule has 0 atom stereocenters. The molecule has 0 fully saturated rings. The second kappa shape index (κ2) is 5.59. The Morgan fingerprint density at radius 3 is 2.78 bits per heavy atom. The lowest BCUT2D eigenvalue weighted by atomic mass is 10.4. The number of nitrogens with zero attached hydrogens (tertiary/aromatic N) is 5. The summed E-state index contributed by atoms with van der Waals surface area (Å²) >= 11 is 1.77. The lowest BCUT2D eigenvalue weighted by Gasteiger charge is -1.97. The van der Waals surface area contributed by atoms with Crippen molar-refractivity contribution < 1.29 is 14.8 Å². The van der Waals surface area contributed by atoms with E-state index in [4.69, 9.17) is 5.11 Å². The molecule has 11 heteroatoms. The normalized spacial score (nSPS) is 11.0. The summed E-state index contributed by atoms with van der Waals surface area (Å²) in [5.74, 6) is -0.816. The molecule has 0 aromatic carbocycles. The van der Waals surface area contributed by atoms with E-state index in [2.05, 4.69) is 15.1 Å². The van der Waals surface area contributed by atoms with Gasteiger partial charge in [-0.3, -0.25) is 10.1 Å². The summed E-state index contributed by atoms with van der Waals surface area (Å²) in [5, 5.41) is 24.6. The number of rotatable bonds is 4. The number of carboxylic acid groups (broad SMARTS) is 1. The predicted octanol–water partition coefficient (Wildman–Crippen LogP) is 2.56. The van der Waals surface area contributed by atoms with Crippen molar-refractivity contribution in [1.29, 1.82) is 0 Å². The largest absolute Gasteiger partial charge is 0.477 e. The van der Waals surface area contributed by atoms with Crippen LogP contribution in [0.5, 0.6) is 0 Å². The summed E-state index contributed by atoms with van der Waals surface area (Å²) in [6, 6.07) is 2.88. The Bertz CT molecular complexity index is 948. The second-order valence-electron chi connectivity index (χ2n) is 4.59. The fraction of sp³-hybridized carbons (Fsp3) is 0.167. The van der Waals surface area contributed by atoms with Crippen molar-refractivity contribution in [2.24, 2.45) is 0 Å². The molecule has 0 saturated carbocycles. The number of hydrogen-bond acceptors (Lipinski definition) is 8. The van der Waals surface area contributed by atoms with E-state index in [1.807, 2.05) is 19.9 Å². The van der Waals surface area contributed by atoms with Crippen molar-refractivity contribution in [2.75, 3.05) is 0 Å². The van der Waals surface area contributed by atoms with Crippen molar-refractivity contribution in [3.63, 3.8) is 0 Å². The summed E-state index contributed by atoms with van der Waals surface area (Å²) in [6.07, 6.45) is 0. The third-order valence-electron chi connectivity index (χ3n) is 2.87. The number of thiophene rings is 1. The summed E-state index contributed by atoms with van der Waals surface area (Å²) < 4.78 is 1.75. The first-order chi connectivity index (χ1) is 10.8. The Morgan fingerprint density at radius 2 is 2.13 bits per heavy atom. The first-order valence-corrected chi connectivity index (χ1v) is 7.89. The molecular formula is C12H9N5O4S2. The molecule has 9 nitrogen and oxygen atoms in total. The van der Waals surface area contributed by atoms with Gasteiger partial charge in [0.2, 0.25) is 5.16 Å². The van der Waals surface area contributed by atoms with E-state index in [0.29, 0.717) is 5.78 Å². The van der Waals surface area contributed by atoms with Gasteiger partial charge in [0.15, 0.2) is 0 Å². The Labute approximate surface area is 137 Å². The molecule has 3 heterocycles. The van der Waals surface area contributed by atoms with Gasteiger partial charge in [0.25, 0.3) is 11.5 Å². The zero-order valence-electron chi connectivity index (χ0n) is 11.9. The standard InChI is InChI=1S/C12H9N5O4S2/c1-5-3-6(2)16-11(13-5)14-12(15-16)23-10-7(17(20)21)4-8(22-10)9(18)19/h3-4H,1-2H3,(H,18,19). The fourth-order valence-corrected chi connectivity index (χ4v) is 3.95. The Morgan fingerprint density at radius 1 is 1.39 bits per heavy atom. The maximum Gasteiger partial charge on any atom is 0.346 e. The molecule has 118 valence electrons. The number of nitro groups is 1. The van der Waals surface area contributed by atoms with Crippen LogP contribution >= 0.6 is 23.1 Å². The van der Waals surface area contributed by atoms with Crippen molar-refractivity contribution in [3.8, 4) is 0 Å². The monoisotopic (exact) mass is 351 g/mol. The zero-order valence-corrected chi connectivity index (χ0v) is 13.5. The molecule has 0 aliphatic heterocycles. The molecule has 0 aliphatic rings. The third kappa shape index (κ3) is 2.87. The lowest BCUT2D eigenvalue weighted by molar-refractivity contribution is -0.387. The first-order valence-electron chi connectivity index (χ1n) is 6.25. The van der Waals surface area contributed by atoms with Gasteiger partial charge in [0.05, 0.1) is 4.92 Å². The van der Waals surface area contributed by atoms with Crippen LogP contribution in [0.3, 0.4) is 0 Å². The molecule has 0 bridgehead atoms. The van der Waals surface area contributed by atoms with Gasteiger partial charge < -0.3 is 5.11 Å². The predicted molar refractivity (Wildman–Crippen MR) is 82.3 cm³/mol. The molecule has 3 aromatic rings. The Hall–Kier alpha value is -2.53. The maximum atomic E-state index is 11.1. The molecular weight excluding hydrogens is 342 g/mol. The van der Waals surface area contributed by atoms with Crippen LogP contribution in [-0.2, 0) is 0 Å². The molecule has 0 unspecified atom stereocenters. The number of aromatic carboxylic acids is 1. The van der Waals surface area contributed by atoms with Gasteiger partial charge in [-0.05, 0) is 31.7 Å². The minimum atomic E-state index is -1.21. The molecule has 0 aliphatic carbocycles. The van der Waals surface area contributed by atoms with Crippen LogP contribution in [0.2, 0.25) is 0 Å². The first kappa shape index (κ1) is 15.4. The maximum absolute atomic E-state index is 11.1. The quantitative estimate of drug-likeness (QED) is 0.562. The third-order valence-corrected chi connectivity index (χ3v) is 5.03. The number of fused-ring (bicyclic) bond motifs is 1. The smallest absolute Gasteiger partial charge is 0.346 e. The average Bonchev–Trinajstić information content (AvgIpc) is 3.03. The van der Waals surface area contributed by atoms with Crippen LogP contribution in [0.4, 0.5) is 5.69 Å². The van der Waals surface area contributed by atoms with Gasteiger partial charge in [0.1, 0.15) is 9.09 Å². The second-order valence-corrected chi connectivity index (χ2v) is 6.88. The SMILES string of the molecule is Cc1cc(C)n2nc(Sc3sc(C(=O)O)cc3[N+](=O)[O-])nc2n1. The van der Waals surface area contributed by atoms with Crippen molar-refractivity contribution >= 4 is 40.5 Å². The van der Waals surface area contributed by atoms with Gasteiger partial charge in [0, 0.05) is 17.5 Å². The van der Waals surface area contributed by atoms with Crippen molar-refractivity contribution in [2.45, 2.75) is 23.2 Å². The number of hydrogen-bond donors (Lipinski definition) is 1.